The molecule has 2 atom stereocenters. The number of nitrogens with zero attached hydrogens (tertiary/aromatic N) is 2. The highest BCUT2D eigenvalue weighted by atomic mass is 16.5. The van der Waals surface area contributed by atoms with Crippen molar-refractivity contribution >= 4 is 0 Å². The van der Waals surface area contributed by atoms with Gasteiger partial charge in [-0.2, -0.15) is 4.98 Å². The zero-order valence-electron chi connectivity index (χ0n) is 13.2. The molecule has 3 rings (SSSR count). The minimum Gasteiger partial charge on any atom is -0.373 e. The zero-order valence-corrected chi connectivity index (χ0v) is 13.2. The highest BCUT2D eigenvalue weighted by Crippen LogP contribution is 2.36. The van der Waals surface area contributed by atoms with Gasteiger partial charge in [0.2, 0.25) is 11.7 Å². The lowest BCUT2D eigenvalue weighted by atomic mass is 9.85. The molecule has 1 heterocycles. The highest BCUT2D eigenvalue weighted by molar-refractivity contribution is 4.98. The Morgan fingerprint density at radius 2 is 1.95 bits per heavy atom. The molecule has 5 nitrogen and oxygen atoms in total. The summed E-state index contributed by atoms with van der Waals surface area (Å²) in [5.41, 5.74) is 0. The molecule has 1 aromatic heterocycles. The summed E-state index contributed by atoms with van der Waals surface area (Å²) in [6, 6.07) is 0.467. The number of rotatable bonds is 7. The second-order valence-electron chi connectivity index (χ2n) is 6.54. The molecule has 2 unspecified atom stereocenters. The van der Waals surface area contributed by atoms with Crippen molar-refractivity contribution in [3.05, 3.63) is 11.7 Å². The fourth-order valence-electron chi connectivity index (χ4n) is 3.60. The van der Waals surface area contributed by atoms with E-state index in [9.17, 15) is 0 Å². The predicted molar refractivity (Wildman–Crippen MR) is 79.9 cm³/mol. The number of likely N-dealkylation sites (N-methyl/N-ethyl adjacent to an activating group) is 1. The molecule has 0 aliphatic heterocycles. The predicted octanol–water partition coefficient (Wildman–Crippen LogP) is 2.88. The Kier molecular flexibility index (Phi) is 4.91. The van der Waals surface area contributed by atoms with Crippen molar-refractivity contribution in [2.24, 2.45) is 11.8 Å². The van der Waals surface area contributed by atoms with Crippen LogP contribution in [0.15, 0.2) is 4.52 Å². The standard InChI is InChI=1S/C16H27N3O2/c1-17-13(11-8-9-11)10-14-18-16(19-21-14)15(20-2)12-6-4-3-5-7-12/h11-13,15,17H,3-10H2,1-2H3. The molecule has 2 fully saturated rings. The Morgan fingerprint density at radius 3 is 2.57 bits per heavy atom. The molecule has 0 aromatic carbocycles. The largest absolute Gasteiger partial charge is 0.373 e. The average Bonchev–Trinajstić information content (AvgIpc) is 3.27. The van der Waals surface area contributed by atoms with Gasteiger partial charge < -0.3 is 14.6 Å². The molecule has 0 saturated heterocycles. The molecule has 21 heavy (non-hydrogen) atoms. The van der Waals surface area contributed by atoms with E-state index in [1.165, 1.54) is 44.9 Å². The first kappa shape index (κ1) is 15.0. The molecular weight excluding hydrogens is 266 g/mol. The van der Waals surface area contributed by atoms with Gasteiger partial charge in [0.1, 0.15) is 6.10 Å². The average molecular weight is 293 g/mol. The lowest BCUT2D eigenvalue weighted by Crippen LogP contribution is -2.29. The van der Waals surface area contributed by atoms with Gasteiger partial charge in [0.15, 0.2) is 0 Å². The van der Waals surface area contributed by atoms with Crippen LogP contribution in [0.25, 0.3) is 0 Å². The van der Waals surface area contributed by atoms with Crippen molar-refractivity contribution in [2.75, 3.05) is 14.2 Å². The Morgan fingerprint density at radius 1 is 1.19 bits per heavy atom. The maximum absolute atomic E-state index is 5.68. The third-order valence-corrected chi connectivity index (χ3v) is 5.03. The molecule has 2 saturated carbocycles. The number of hydrogen-bond acceptors (Lipinski definition) is 5. The van der Waals surface area contributed by atoms with Crippen LogP contribution in [0.1, 0.15) is 62.8 Å². The fraction of sp³-hybridized carbons (Fsp3) is 0.875. The molecule has 1 aromatic rings. The summed E-state index contributed by atoms with van der Waals surface area (Å²) in [6.45, 7) is 0. The molecule has 0 radical (unpaired) electrons. The van der Waals surface area contributed by atoms with Crippen LogP contribution >= 0.6 is 0 Å². The second kappa shape index (κ2) is 6.88. The Balaban J connectivity index is 1.64. The molecule has 0 amide bonds. The van der Waals surface area contributed by atoms with Gasteiger partial charge >= 0.3 is 0 Å². The third-order valence-electron chi connectivity index (χ3n) is 5.03. The Hall–Kier alpha value is -0.940. The van der Waals surface area contributed by atoms with Crippen molar-refractivity contribution in [3.8, 4) is 0 Å². The van der Waals surface area contributed by atoms with Gasteiger partial charge in [-0.3, -0.25) is 0 Å². The van der Waals surface area contributed by atoms with Gasteiger partial charge in [-0.1, -0.05) is 24.4 Å². The van der Waals surface area contributed by atoms with Crippen LogP contribution in [0.5, 0.6) is 0 Å². The van der Waals surface area contributed by atoms with Gasteiger partial charge in [0, 0.05) is 19.6 Å². The molecule has 118 valence electrons. The van der Waals surface area contributed by atoms with Crippen molar-refractivity contribution in [1.82, 2.24) is 15.5 Å². The summed E-state index contributed by atoms with van der Waals surface area (Å²) in [4.78, 5) is 4.61. The van der Waals surface area contributed by atoms with E-state index in [-0.39, 0.29) is 6.10 Å². The first-order valence-corrected chi connectivity index (χ1v) is 8.34. The van der Waals surface area contributed by atoms with Crippen molar-refractivity contribution in [3.63, 3.8) is 0 Å². The molecular formula is C16H27N3O2. The number of methoxy groups -OCH3 is 1. The molecule has 5 heteroatoms. The number of aromatic nitrogens is 2. The van der Waals surface area contributed by atoms with Crippen molar-refractivity contribution in [1.29, 1.82) is 0 Å². The summed E-state index contributed by atoms with van der Waals surface area (Å²) in [7, 11) is 3.77. The SMILES string of the molecule is CNC(Cc1nc(C(OC)C2CCCCC2)no1)C1CC1. The van der Waals surface area contributed by atoms with E-state index in [1.807, 2.05) is 7.05 Å². The van der Waals surface area contributed by atoms with Gasteiger partial charge in [-0.05, 0) is 44.6 Å². The van der Waals surface area contributed by atoms with E-state index < -0.39 is 0 Å². The highest BCUT2D eigenvalue weighted by Gasteiger charge is 2.33. The molecule has 1 N–H and O–H groups in total. The molecule has 2 aliphatic carbocycles. The van der Waals surface area contributed by atoms with Gasteiger partial charge in [-0.15, -0.1) is 0 Å². The van der Waals surface area contributed by atoms with E-state index >= 15 is 0 Å². The van der Waals surface area contributed by atoms with E-state index in [4.69, 9.17) is 9.26 Å². The van der Waals surface area contributed by atoms with Crippen LogP contribution in [0, 0.1) is 11.8 Å². The van der Waals surface area contributed by atoms with Crippen molar-refractivity contribution < 1.29 is 9.26 Å². The number of hydrogen-bond donors (Lipinski definition) is 1. The maximum Gasteiger partial charge on any atom is 0.228 e. The minimum absolute atomic E-state index is 0.00300. The van der Waals surface area contributed by atoms with E-state index in [0.717, 1.165) is 24.1 Å². The van der Waals surface area contributed by atoms with Crippen LogP contribution in [0.3, 0.4) is 0 Å². The number of ether oxygens (including phenoxy) is 1. The van der Waals surface area contributed by atoms with Crippen LogP contribution in [0.2, 0.25) is 0 Å². The smallest absolute Gasteiger partial charge is 0.228 e. The summed E-state index contributed by atoms with van der Waals surface area (Å²) in [6.07, 6.45) is 9.80. The monoisotopic (exact) mass is 293 g/mol. The fourth-order valence-corrected chi connectivity index (χ4v) is 3.60. The first-order chi connectivity index (χ1) is 10.3. The Labute approximate surface area is 126 Å². The third kappa shape index (κ3) is 3.64. The maximum atomic E-state index is 5.68. The molecule has 0 bridgehead atoms. The Bertz CT molecular complexity index is 438. The van der Waals surface area contributed by atoms with E-state index in [0.29, 0.717) is 12.0 Å². The second-order valence-corrected chi connectivity index (χ2v) is 6.54. The van der Waals surface area contributed by atoms with Crippen LogP contribution < -0.4 is 5.32 Å². The van der Waals surface area contributed by atoms with E-state index in [2.05, 4.69) is 15.5 Å². The zero-order chi connectivity index (χ0) is 14.7. The summed E-state index contributed by atoms with van der Waals surface area (Å²) in [5, 5.41) is 7.56. The molecule has 2 aliphatic rings. The molecule has 0 spiro atoms. The van der Waals surface area contributed by atoms with Gasteiger partial charge in [0.25, 0.3) is 0 Å². The quantitative estimate of drug-likeness (QED) is 0.837. The lowest BCUT2D eigenvalue weighted by Gasteiger charge is -2.26. The number of nitrogens with one attached hydrogen (secondary N) is 1. The lowest BCUT2D eigenvalue weighted by molar-refractivity contribution is 0.0273. The summed E-state index contributed by atoms with van der Waals surface area (Å²) >= 11 is 0. The summed E-state index contributed by atoms with van der Waals surface area (Å²) < 4.78 is 11.1. The minimum atomic E-state index is -0.00300. The first-order valence-electron chi connectivity index (χ1n) is 8.34. The van der Waals surface area contributed by atoms with Crippen LogP contribution in [-0.4, -0.2) is 30.3 Å². The van der Waals surface area contributed by atoms with Crippen molar-refractivity contribution in [2.45, 2.75) is 63.5 Å². The van der Waals surface area contributed by atoms with E-state index in [1.54, 1.807) is 7.11 Å². The van der Waals surface area contributed by atoms with Crippen LogP contribution in [0.4, 0.5) is 0 Å². The van der Waals surface area contributed by atoms with Gasteiger partial charge in [0.05, 0.1) is 0 Å². The summed E-state index contributed by atoms with van der Waals surface area (Å²) in [5.74, 6) is 2.80. The van der Waals surface area contributed by atoms with Crippen LogP contribution in [-0.2, 0) is 11.2 Å². The normalized spacial score (nSPS) is 23.1. The van der Waals surface area contributed by atoms with Gasteiger partial charge in [-0.25, -0.2) is 0 Å². The topological polar surface area (TPSA) is 60.2 Å².